The summed E-state index contributed by atoms with van der Waals surface area (Å²) in [6.45, 7) is 5.96. The number of carbonyl (C=O) groups excluding carboxylic acids is 1. The Balaban J connectivity index is 1.72. The molecule has 5 heteroatoms. The number of benzene rings is 1. The van der Waals surface area contributed by atoms with Crippen LogP contribution in [-0.2, 0) is 6.42 Å². The molecule has 1 saturated heterocycles. The maximum Gasteiger partial charge on any atom is 0.259 e. The average Bonchev–Trinajstić information content (AvgIpc) is 2.63. The summed E-state index contributed by atoms with van der Waals surface area (Å²) in [6, 6.07) is 7.90. The van der Waals surface area contributed by atoms with Crippen LogP contribution in [0.1, 0.15) is 47.8 Å². The van der Waals surface area contributed by atoms with E-state index in [9.17, 15) is 4.79 Å². The molecule has 0 aliphatic carbocycles. The van der Waals surface area contributed by atoms with Gasteiger partial charge in [-0.05, 0) is 50.3 Å². The van der Waals surface area contributed by atoms with E-state index in [1.165, 1.54) is 24.8 Å². The van der Waals surface area contributed by atoms with E-state index < -0.39 is 0 Å². The van der Waals surface area contributed by atoms with E-state index in [0.29, 0.717) is 11.3 Å². The number of rotatable bonds is 4. The molecule has 1 amide bonds. The molecule has 0 atom stereocenters. The predicted molar refractivity (Wildman–Crippen MR) is 96.6 cm³/mol. The molecule has 1 N–H and O–H groups in total. The first-order chi connectivity index (χ1) is 11.7. The molecule has 0 bridgehead atoms. The fourth-order valence-corrected chi connectivity index (χ4v) is 2.95. The van der Waals surface area contributed by atoms with Crippen LogP contribution in [0.15, 0.2) is 30.5 Å². The highest BCUT2D eigenvalue weighted by Crippen LogP contribution is 2.18. The van der Waals surface area contributed by atoms with Gasteiger partial charge in [0.25, 0.3) is 5.91 Å². The number of aryl methyl sites for hydroxylation is 2. The number of nitrogens with zero attached hydrogens (tertiary/aromatic N) is 3. The first-order valence-electron chi connectivity index (χ1n) is 8.66. The monoisotopic (exact) mass is 324 g/mol. The Bertz CT molecular complexity index is 706. The van der Waals surface area contributed by atoms with Gasteiger partial charge in [0.1, 0.15) is 0 Å². The first kappa shape index (κ1) is 16.4. The van der Waals surface area contributed by atoms with Crippen LogP contribution in [0.2, 0.25) is 0 Å². The lowest BCUT2D eigenvalue weighted by atomic mass is 10.1. The molecule has 126 valence electrons. The van der Waals surface area contributed by atoms with Crippen molar-refractivity contribution in [3.8, 4) is 0 Å². The van der Waals surface area contributed by atoms with E-state index in [1.54, 1.807) is 6.20 Å². The Kier molecular flexibility index (Phi) is 5.08. The third kappa shape index (κ3) is 3.72. The maximum absolute atomic E-state index is 12.5. The van der Waals surface area contributed by atoms with Crippen LogP contribution in [-0.4, -0.2) is 29.0 Å². The number of amides is 1. The van der Waals surface area contributed by atoms with Crippen LogP contribution in [0.4, 0.5) is 11.6 Å². The van der Waals surface area contributed by atoms with Gasteiger partial charge in [0.15, 0.2) is 0 Å². The first-order valence-corrected chi connectivity index (χ1v) is 8.66. The molecule has 5 nitrogen and oxygen atoms in total. The highest BCUT2D eigenvalue weighted by atomic mass is 16.1. The molecule has 2 aromatic rings. The van der Waals surface area contributed by atoms with Gasteiger partial charge in [0, 0.05) is 25.0 Å². The zero-order valence-electron chi connectivity index (χ0n) is 14.4. The topological polar surface area (TPSA) is 58.1 Å². The minimum absolute atomic E-state index is 0.165. The molecule has 1 aliphatic heterocycles. The fraction of sp³-hybridized carbons (Fsp3) is 0.421. The minimum atomic E-state index is -0.165. The van der Waals surface area contributed by atoms with E-state index in [1.807, 2.05) is 31.2 Å². The van der Waals surface area contributed by atoms with Crippen LogP contribution in [0.5, 0.6) is 0 Å². The third-order valence-corrected chi connectivity index (χ3v) is 4.47. The van der Waals surface area contributed by atoms with E-state index >= 15 is 0 Å². The minimum Gasteiger partial charge on any atom is -0.341 e. The molecule has 1 aliphatic rings. The standard InChI is InChI=1S/C19H24N4O/c1-3-15-7-9-16(10-8-15)22-18(24)17-13-20-19(21-14(17)2)23-11-5-4-6-12-23/h7-10,13H,3-6,11-12H2,1-2H3,(H,22,24). The lowest BCUT2D eigenvalue weighted by molar-refractivity contribution is 0.102. The molecule has 24 heavy (non-hydrogen) atoms. The molecule has 0 spiro atoms. The number of hydrogen-bond donors (Lipinski definition) is 1. The molecule has 3 rings (SSSR count). The fourth-order valence-electron chi connectivity index (χ4n) is 2.95. The van der Waals surface area contributed by atoms with Gasteiger partial charge in [-0.15, -0.1) is 0 Å². The van der Waals surface area contributed by atoms with Crippen molar-refractivity contribution in [2.75, 3.05) is 23.3 Å². The summed E-state index contributed by atoms with van der Waals surface area (Å²) in [5, 5.41) is 2.92. The summed E-state index contributed by atoms with van der Waals surface area (Å²) >= 11 is 0. The Hall–Kier alpha value is -2.43. The Morgan fingerprint density at radius 1 is 1.17 bits per heavy atom. The second-order valence-corrected chi connectivity index (χ2v) is 6.22. The molecule has 0 unspecified atom stereocenters. The van der Waals surface area contributed by atoms with Gasteiger partial charge in [-0.2, -0.15) is 0 Å². The van der Waals surface area contributed by atoms with Crippen molar-refractivity contribution in [1.29, 1.82) is 0 Å². The van der Waals surface area contributed by atoms with Crippen molar-refractivity contribution >= 4 is 17.5 Å². The van der Waals surface area contributed by atoms with E-state index in [4.69, 9.17) is 0 Å². The summed E-state index contributed by atoms with van der Waals surface area (Å²) in [7, 11) is 0. The van der Waals surface area contributed by atoms with Gasteiger partial charge in [0.2, 0.25) is 5.95 Å². The Labute approximate surface area is 143 Å². The SMILES string of the molecule is CCc1ccc(NC(=O)c2cnc(N3CCCCC3)nc2C)cc1. The van der Waals surface area contributed by atoms with Crippen LogP contribution in [0.25, 0.3) is 0 Å². The number of nitrogens with one attached hydrogen (secondary N) is 1. The Morgan fingerprint density at radius 3 is 2.50 bits per heavy atom. The van der Waals surface area contributed by atoms with Crippen molar-refractivity contribution in [2.24, 2.45) is 0 Å². The van der Waals surface area contributed by atoms with Crippen LogP contribution in [0, 0.1) is 6.92 Å². The molecule has 1 fully saturated rings. The quantitative estimate of drug-likeness (QED) is 0.934. The van der Waals surface area contributed by atoms with Gasteiger partial charge < -0.3 is 10.2 Å². The van der Waals surface area contributed by atoms with Gasteiger partial charge in [0.05, 0.1) is 11.3 Å². The van der Waals surface area contributed by atoms with Crippen LogP contribution >= 0.6 is 0 Å². The largest absolute Gasteiger partial charge is 0.341 e. The molecule has 0 saturated carbocycles. The molecule has 2 heterocycles. The van der Waals surface area contributed by atoms with E-state index in [-0.39, 0.29) is 5.91 Å². The molecule has 1 aromatic heterocycles. The van der Waals surface area contributed by atoms with Crippen molar-refractivity contribution in [2.45, 2.75) is 39.5 Å². The summed E-state index contributed by atoms with van der Waals surface area (Å²) in [5.41, 5.74) is 3.28. The summed E-state index contributed by atoms with van der Waals surface area (Å²) in [5.74, 6) is 0.568. The highest BCUT2D eigenvalue weighted by Gasteiger charge is 2.17. The molecule has 0 radical (unpaired) electrons. The van der Waals surface area contributed by atoms with E-state index in [0.717, 1.165) is 31.1 Å². The zero-order valence-corrected chi connectivity index (χ0v) is 14.4. The highest BCUT2D eigenvalue weighted by molar-refractivity contribution is 6.04. The van der Waals surface area contributed by atoms with Crippen molar-refractivity contribution in [3.63, 3.8) is 0 Å². The summed E-state index contributed by atoms with van der Waals surface area (Å²) in [6.07, 6.45) is 6.25. The molecule has 1 aromatic carbocycles. The summed E-state index contributed by atoms with van der Waals surface area (Å²) < 4.78 is 0. The van der Waals surface area contributed by atoms with Crippen LogP contribution in [0.3, 0.4) is 0 Å². The second kappa shape index (κ2) is 7.43. The normalized spacial score (nSPS) is 14.5. The number of carbonyl (C=O) groups is 1. The molecular weight excluding hydrogens is 300 g/mol. The van der Waals surface area contributed by atoms with Crippen molar-refractivity contribution in [1.82, 2.24) is 9.97 Å². The number of anilines is 2. The number of hydrogen-bond acceptors (Lipinski definition) is 4. The average molecular weight is 324 g/mol. The predicted octanol–water partition coefficient (Wildman–Crippen LogP) is 3.59. The number of aromatic nitrogens is 2. The molecular formula is C19H24N4O. The Morgan fingerprint density at radius 2 is 1.88 bits per heavy atom. The maximum atomic E-state index is 12.5. The van der Waals surface area contributed by atoms with Gasteiger partial charge >= 0.3 is 0 Å². The zero-order chi connectivity index (χ0) is 16.9. The third-order valence-electron chi connectivity index (χ3n) is 4.47. The van der Waals surface area contributed by atoms with Crippen molar-refractivity contribution in [3.05, 3.63) is 47.3 Å². The van der Waals surface area contributed by atoms with Gasteiger partial charge in [-0.25, -0.2) is 9.97 Å². The van der Waals surface area contributed by atoms with E-state index in [2.05, 4.69) is 27.1 Å². The lowest BCUT2D eigenvalue weighted by Crippen LogP contribution is -2.31. The summed E-state index contributed by atoms with van der Waals surface area (Å²) in [4.78, 5) is 23.6. The smallest absolute Gasteiger partial charge is 0.259 e. The number of piperidine rings is 1. The van der Waals surface area contributed by atoms with Gasteiger partial charge in [-0.3, -0.25) is 4.79 Å². The lowest BCUT2D eigenvalue weighted by Gasteiger charge is -2.26. The van der Waals surface area contributed by atoms with Crippen LogP contribution < -0.4 is 10.2 Å². The van der Waals surface area contributed by atoms with Gasteiger partial charge in [-0.1, -0.05) is 19.1 Å². The van der Waals surface area contributed by atoms with Crippen molar-refractivity contribution < 1.29 is 4.79 Å². The second-order valence-electron chi connectivity index (χ2n) is 6.22.